The quantitative estimate of drug-likeness (QED) is 0.631. The third-order valence-electron chi connectivity index (χ3n) is 5.98. The first-order chi connectivity index (χ1) is 14.7. The molecule has 4 heterocycles. The van der Waals surface area contributed by atoms with Gasteiger partial charge in [-0.15, -0.1) is 0 Å². The SMILES string of the molecule is N#Cc1cncc(N2CCN3[C@@H](CCC[C@@H]3c3cc(-c4cccc(Cl)c4)on3)C2)n1. The molecule has 2 aromatic heterocycles. The summed E-state index contributed by atoms with van der Waals surface area (Å²) in [6.07, 6.45) is 6.59. The van der Waals surface area contributed by atoms with Crippen molar-refractivity contribution in [1.29, 1.82) is 5.26 Å². The molecule has 2 fully saturated rings. The van der Waals surface area contributed by atoms with Gasteiger partial charge in [-0.1, -0.05) is 28.9 Å². The van der Waals surface area contributed by atoms with E-state index in [0.29, 0.717) is 16.8 Å². The lowest BCUT2D eigenvalue weighted by Gasteiger charge is -2.47. The first-order valence-corrected chi connectivity index (χ1v) is 10.5. The molecule has 0 saturated carbocycles. The van der Waals surface area contributed by atoms with Gasteiger partial charge in [0.25, 0.3) is 0 Å². The molecule has 7 nitrogen and oxygen atoms in total. The standard InChI is InChI=1S/C22H21ClN6O/c23-16-4-1-3-15(9-16)21-10-19(27-30-21)20-6-2-5-18-14-28(7-8-29(18)20)22-13-25-12-17(11-24)26-22/h1,3-4,9-10,12-13,18,20H,2,5-8,14H2/t18-,20+/m0/s1. The third-order valence-corrected chi connectivity index (χ3v) is 6.22. The smallest absolute Gasteiger partial charge is 0.167 e. The van der Waals surface area contributed by atoms with Crippen molar-refractivity contribution in [2.45, 2.75) is 31.3 Å². The number of piperazine rings is 1. The highest BCUT2D eigenvalue weighted by molar-refractivity contribution is 6.30. The summed E-state index contributed by atoms with van der Waals surface area (Å²) in [6.45, 7) is 2.63. The molecular formula is C22H21ClN6O. The number of benzene rings is 1. The van der Waals surface area contributed by atoms with Crippen LogP contribution in [0.3, 0.4) is 0 Å². The second-order valence-corrected chi connectivity index (χ2v) is 8.22. The van der Waals surface area contributed by atoms with E-state index in [4.69, 9.17) is 21.4 Å². The molecule has 2 aliphatic rings. The summed E-state index contributed by atoms with van der Waals surface area (Å²) in [5.74, 6) is 1.53. The fourth-order valence-corrected chi connectivity index (χ4v) is 4.75. The van der Waals surface area contributed by atoms with Crippen LogP contribution < -0.4 is 4.90 Å². The molecular weight excluding hydrogens is 400 g/mol. The summed E-state index contributed by atoms with van der Waals surface area (Å²) >= 11 is 6.12. The fourth-order valence-electron chi connectivity index (χ4n) is 4.56. The number of hydrogen-bond donors (Lipinski definition) is 0. The van der Waals surface area contributed by atoms with Crippen LogP contribution in [-0.2, 0) is 0 Å². The Morgan fingerprint density at radius 2 is 2.10 bits per heavy atom. The van der Waals surface area contributed by atoms with Crippen molar-refractivity contribution in [1.82, 2.24) is 20.0 Å². The van der Waals surface area contributed by atoms with E-state index in [-0.39, 0.29) is 6.04 Å². The summed E-state index contributed by atoms with van der Waals surface area (Å²) in [4.78, 5) is 13.4. The predicted molar refractivity (Wildman–Crippen MR) is 113 cm³/mol. The molecule has 152 valence electrons. The van der Waals surface area contributed by atoms with Gasteiger partial charge in [-0.25, -0.2) is 4.98 Å². The van der Waals surface area contributed by atoms with Crippen LogP contribution in [0.5, 0.6) is 0 Å². The van der Waals surface area contributed by atoms with Crippen LogP contribution in [0.1, 0.15) is 36.7 Å². The van der Waals surface area contributed by atoms with E-state index in [1.807, 2.05) is 30.3 Å². The number of hydrogen-bond acceptors (Lipinski definition) is 7. The number of nitriles is 1. The van der Waals surface area contributed by atoms with Crippen molar-refractivity contribution in [2.75, 3.05) is 24.5 Å². The minimum Gasteiger partial charge on any atom is -0.356 e. The lowest BCUT2D eigenvalue weighted by atomic mass is 9.91. The van der Waals surface area contributed by atoms with E-state index in [9.17, 15) is 0 Å². The molecule has 0 aliphatic carbocycles. The van der Waals surface area contributed by atoms with Gasteiger partial charge in [0.1, 0.15) is 17.6 Å². The van der Waals surface area contributed by atoms with Gasteiger partial charge in [-0.3, -0.25) is 9.88 Å². The van der Waals surface area contributed by atoms with Gasteiger partial charge in [0.15, 0.2) is 11.5 Å². The van der Waals surface area contributed by atoms with Gasteiger partial charge in [0.05, 0.1) is 18.4 Å². The summed E-state index contributed by atoms with van der Waals surface area (Å²) in [7, 11) is 0. The molecule has 30 heavy (non-hydrogen) atoms. The van der Waals surface area contributed by atoms with Gasteiger partial charge in [-0.2, -0.15) is 5.26 Å². The Morgan fingerprint density at radius 1 is 1.17 bits per heavy atom. The van der Waals surface area contributed by atoms with Gasteiger partial charge in [0.2, 0.25) is 0 Å². The molecule has 3 aromatic rings. The third kappa shape index (κ3) is 3.64. The van der Waals surface area contributed by atoms with E-state index in [1.165, 1.54) is 6.20 Å². The van der Waals surface area contributed by atoms with Crippen LogP contribution in [0.2, 0.25) is 5.02 Å². The number of rotatable bonds is 3. The molecule has 0 radical (unpaired) electrons. The molecule has 1 aromatic carbocycles. The zero-order chi connectivity index (χ0) is 20.5. The van der Waals surface area contributed by atoms with Gasteiger partial charge in [-0.05, 0) is 31.4 Å². The van der Waals surface area contributed by atoms with Crippen LogP contribution in [-0.4, -0.2) is 45.7 Å². The van der Waals surface area contributed by atoms with Crippen molar-refractivity contribution >= 4 is 17.4 Å². The fraction of sp³-hybridized carbons (Fsp3) is 0.364. The van der Waals surface area contributed by atoms with Crippen molar-refractivity contribution in [2.24, 2.45) is 0 Å². The zero-order valence-electron chi connectivity index (χ0n) is 16.4. The van der Waals surface area contributed by atoms with Crippen molar-refractivity contribution in [3.8, 4) is 17.4 Å². The topological polar surface area (TPSA) is 82.1 Å². The maximum atomic E-state index is 9.11. The van der Waals surface area contributed by atoms with Gasteiger partial charge >= 0.3 is 0 Å². The highest BCUT2D eigenvalue weighted by atomic mass is 35.5. The van der Waals surface area contributed by atoms with Gasteiger partial charge < -0.3 is 9.42 Å². The minimum absolute atomic E-state index is 0.249. The highest BCUT2D eigenvalue weighted by Gasteiger charge is 2.37. The number of anilines is 1. The molecule has 2 saturated heterocycles. The second kappa shape index (κ2) is 8.05. The molecule has 0 unspecified atom stereocenters. The normalized spacial score (nSPS) is 21.8. The summed E-state index contributed by atoms with van der Waals surface area (Å²) in [5.41, 5.74) is 2.27. The Labute approximate surface area is 179 Å². The first-order valence-electron chi connectivity index (χ1n) is 10.2. The average molecular weight is 421 g/mol. The first kappa shape index (κ1) is 19.0. The molecule has 2 atom stereocenters. The zero-order valence-corrected chi connectivity index (χ0v) is 17.2. The second-order valence-electron chi connectivity index (χ2n) is 7.79. The lowest BCUT2D eigenvalue weighted by Crippen LogP contribution is -2.56. The molecule has 8 heteroatoms. The Hall–Kier alpha value is -2.95. The van der Waals surface area contributed by atoms with E-state index in [0.717, 1.165) is 61.7 Å². The predicted octanol–water partition coefficient (Wildman–Crippen LogP) is 4.07. The Balaban J connectivity index is 1.34. The van der Waals surface area contributed by atoms with E-state index in [1.54, 1.807) is 6.20 Å². The van der Waals surface area contributed by atoms with Crippen LogP contribution in [0.4, 0.5) is 5.82 Å². The van der Waals surface area contributed by atoms with Crippen LogP contribution in [0, 0.1) is 11.3 Å². The molecule has 5 rings (SSSR count). The van der Waals surface area contributed by atoms with E-state index in [2.05, 4.69) is 31.0 Å². The van der Waals surface area contributed by atoms with Crippen LogP contribution in [0.15, 0.2) is 47.2 Å². The largest absolute Gasteiger partial charge is 0.356 e. The summed E-state index contributed by atoms with van der Waals surface area (Å²) < 4.78 is 5.66. The van der Waals surface area contributed by atoms with Crippen LogP contribution >= 0.6 is 11.6 Å². The maximum absolute atomic E-state index is 9.11. The lowest BCUT2D eigenvalue weighted by molar-refractivity contribution is 0.0673. The number of aromatic nitrogens is 3. The Morgan fingerprint density at radius 3 is 2.97 bits per heavy atom. The number of fused-ring (bicyclic) bond motifs is 1. The van der Waals surface area contributed by atoms with Crippen LogP contribution in [0.25, 0.3) is 11.3 Å². The molecule has 0 amide bonds. The van der Waals surface area contributed by atoms with E-state index < -0.39 is 0 Å². The molecule has 2 aliphatic heterocycles. The highest BCUT2D eigenvalue weighted by Crippen LogP contribution is 2.37. The van der Waals surface area contributed by atoms with Crippen molar-refractivity contribution < 1.29 is 4.52 Å². The van der Waals surface area contributed by atoms with Crippen molar-refractivity contribution in [3.05, 3.63) is 59.1 Å². The van der Waals surface area contributed by atoms with Crippen molar-refractivity contribution in [3.63, 3.8) is 0 Å². The molecule has 0 spiro atoms. The minimum atomic E-state index is 0.249. The summed E-state index contributed by atoms with van der Waals surface area (Å²) in [6, 6.07) is 12.4. The monoisotopic (exact) mass is 420 g/mol. The number of nitrogens with zero attached hydrogens (tertiary/aromatic N) is 6. The summed E-state index contributed by atoms with van der Waals surface area (Å²) in [5, 5.41) is 14.2. The molecule has 0 bridgehead atoms. The van der Waals surface area contributed by atoms with E-state index >= 15 is 0 Å². The van der Waals surface area contributed by atoms with Gasteiger partial charge in [0, 0.05) is 42.3 Å². The molecule has 0 N–H and O–H groups in total. The maximum Gasteiger partial charge on any atom is 0.167 e. The number of halogens is 1. The number of piperidine rings is 1. The Bertz CT molecular complexity index is 1090. The average Bonchev–Trinajstić information content (AvgIpc) is 3.28. The Kier molecular flexibility index (Phi) is 5.11.